The Morgan fingerprint density at radius 3 is 2.30 bits per heavy atom. The molecule has 1 aliphatic rings. The number of hydrogen-bond acceptors (Lipinski definition) is 6. The standard InChI is InChI=1S/C28H28FN3O4S/c1-37-26-4-2-3-25(19-26)31(28(34)22-7-11-24(12-8-22)32(35)36)18-17-30-15-13-21(14-16-30)27(33)20-5-9-23(29)10-6-20/h2-12,19,21H,13-18H2,1H3. The van der Waals surface area contributed by atoms with Crippen LogP contribution in [0.25, 0.3) is 0 Å². The molecule has 1 heterocycles. The largest absolute Gasteiger partial charge is 0.307 e. The Hall–Kier alpha value is -3.56. The summed E-state index contributed by atoms with van der Waals surface area (Å²) in [5.74, 6) is -0.641. The van der Waals surface area contributed by atoms with Gasteiger partial charge >= 0.3 is 0 Å². The molecule has 1 saturated heterocycles. The normalized spacial score (nSPS) is 14.3. The number of thioether (sulfide) groups is 1. The number of nitro groups is 1. The number of carbonyl (C=O) groups excluding carboxylic acids is 2. The first kappa shape index (κ1) is 26.5. The zero-order valence-corrected chi connectivity index (χ0v) is 21.3. The van der Waals surface area contributed by atoms with Crippen molar-refractivity contribution in [2.24, 2.45) is 5.92 Å². The first-order chi connectivity index (χ1) is 17.9. The lowest BCUT2D eigenvalue weighted by Gasteiger charge is -2.33. The van der Waals surface area contributed by atoms with Crippen molar-refractivity contribution < 1.29 is 18.9 Å². The van der Waals surface area contributed by atoms with E-state index in [9.17, 15) is 24.1 Å². The van der Waals surface area contributed by atoms with Gasteiger partial charge in [0.1, 0.15) is 5.82 Å². The van der Waals surface area contributed by atoms with Gasteiger partial charge in [0.25, 0.3) is 11.6 Å². The number of nitrogens with zero attached hydrogens (tertiary/aromatic N) is 3. The van der Waals surface area contributed by atoms with E-state index in [4.69, 9.17) is 0 Å². The van der Waals surface area contributed by atoms with Crippen LogP contribution in [0.1, 0.15) is 33.6 Å². The molecule has 1 aliphatic heterocycles. The van der Waals surface area contributed by atoms with Gasteiger partial charge in [0, 0.05) is 52.8 Å². The molecule has 0 aliphatic carbocycles. The molecule has 0 N–H and O–H groups in total. The molecule has 9 heteroatoms. The molecule has 4 rings (SSSR count). The molecule has 0 spiro atoms. The third kappa shape index (κ3) is 6.61. The fourth-order valence-electron chi connectivity index (χ4n) is 4.52. The van der Waals surface area contributed by atoms with E-state index in [1.807, 2.05) is 30.5 Å². The van der Waals surface area contributed by atoms with Gasteiger partial charge in [-0.15, -0.1) is 11.8 Å². The van der Waals surface area contributed by atoms with Crippen molar-refractivity contribution in [1.29, 1.82) is 0 Å². The van der Waals surface area contributed by atoms with E-state index in [1.165, 1.54) is 48.5 Å². The number of rotatable bonds is 9. The number of amides is 1. The Morgan fingerprint density at radius 2 is 1.68 bits per heavy atom. The summed E-state index contributed by atoms with van der Waals surface area (Å²) in [6, 6.07) is 19.1. The van der Waals surface area contributed by atoms with E-state index in [1.54, 1.807) is 16.7 Å². The van der Waals surface area contributed by atoms with Crippen molar-refractivity contribution in [3.63, 3.8) is 0 Å². The van der Waals surface area contributed by atoms with Crippen LogP contribution < -0.4 is 4.90 Å². The fraction of sp³-hybridized carbons (Fsp3) is 0.286. The summed E-state index contributed by atoms with van der Waals surface area (Å²) in [5.41, 5.74) is 1.61. The molecule has 0 unspecified atom stereocenters. The third-order valence-electron chi connectivity index (χ3n) is 6.66. The third-order valence-corrected chi connectivity index (χ3v) is 7.39. The van der Waals surface area contributed by atoms with E-state index >= 15 is 0 Å². The molecule has 0 saturated carbocycles. The van der Waals surface area contributed by atoms with Gasteiger partial charge in [-0.3, -0.25) is 19.7 Å². The number of non-ortho nitro benzene ring substituents is 1. The highest BCUT2D eigenvalue weighted by atomic mass is 32.2. The average Bonchev–Trinajstić information content (AvgIpc) is 2.93. The maximum atomic E-state index is 13.5. The van der Waals surface area contributed by atoms with Gasteiger partial charge < -0.3 is 9.80 Å². The molecule has 1 fully saturated rings. The lowest BCUT2D eigenvalue weighted by molar-refractivity contribution is -0.384. The molecule has 3 aromatic rings. The molecule has 0 aromatic heterocycles. The van der Waals surface area contributed by atoms with Gasteiger partial charge in [0.15, 0.2) is 5.78 Å². The van der Waals surface area contributed by atoms with Crippen LogP contribution >= 0.6 is 11.8 Å². The second-order valence-electron chi connectivity index (χ2n) is 8.95. The summed E-state index contributed by atoms with van der Waals surface area (Å²) >= 11 is 1.58. The summed E-state index contributed by atoms with van der Waals surface area (Å²) in [5, 5.41) is 11.0. The second-order valence-corrected chi connectivity index (χ2v) is 9.83. The number of benzene rings is 3. The summed E-state index contributed by atoms with van der Waals surface area (Å²) in [7, 11) is 0. The Morgan fingerprint density at radius 1 is 1.03 bits per heavy atom. The highest BCUT2D eigenvalue weighted by Gasteiger charge is 2.27. The Kier molecular flexibility index (Phi) is 8.68. The molecular formula is C28H28FN3O4S. The number of Topliss-reactive ketones (excluding diaryl/α,β-unsaturated/α-hetero) is 1. The summed E-state index contributed by atoms with van der Waals surface area (Å²) < 4.78 is 13.2. The number of anilines is 1. The smallest absolute Gasteiger partial charge is 0.269 e. The molecule has 3 aromatic carbocycles. The quantitative estimate of drug-likeness (QED) is 0.156. The van der Waals surface area contributed by atoms with E-state index < -0.39 is 4.92 Å². The van der Waals surface area contributed by atoms with Gasteiger partial charge in [-0.05, 0) is 86.8 Å². The fourth-order valence-corrected chi connectivity index (χ4v) is 4.97. The van der Waals surface area contributed by atoms with Crippen LogP contribution in [-0.2, 0) is 0 Å². The molecule has 1 amide bonds. The van der Waals surface area contributed by atoms with Gasteiger partial charge in [-0.2, -0.15) is 0 Å². The van der Waals surface area contributed by atoms with Gasteiger partial charge in [-0.1, -0.05) is 6.07 Å². The van der Waals surface area contributed by atoms with Crippen LogP contribution in [0.2, 0.25) is 0 Å². The number of nitro benzene ring substituents is 1. The number of piperidine rings is 1. The van der Waals surface area contributed by atoms with E-state index in [0.717, 1.165) is 23.7 Å². The summed E-state index contributed by atoms with van der Waals surface area (Å²) in [6.07, 6.45) is 3.38. The summed E-state index contributed by atoms with van der Waals surface area (Å²) in [4.78, 5) is 41.8. The minimum Gasteiger partial charge on any atom is -0.307 e. The molecule has 37 heavy (non-hydrogen) atoms. The monoisotopic (exact) mass is 521 g/mol. The highest BCUT2D eigenvalue weighted by Crippen LogP contribution is 2.26. The molecule has 0 bridgehead atoms. The van der Waals surface area contributed by atoms with Crippen molar-refractivity contribution in [2.75, 3.05) is 37.3 Å². The lowest BCUT2D eigenvalue weighted by atomic mass is 9.89. The van der Waals surface area contributed by atoms with Crippen LogP contribution in [0, 0.1) is 21.8 Å². The molecule has 7 nitrogen and oxygen atoms in total. The van der Waals surface area contributed by atoms with Crippen molar-refractivity contribution >= 4 is 34.8 Å². The number of carbonyl (C=O) groups is 2. The average molecular weight is 522 g/mol. The number of ketones is 1. The van der Waals surface area contributed by atoms with Crippen molar-refractivity contribution in [3.8, 4) is 0 Å². The van der Waals surface area contributed by atoms with Crippen molar-refractivity contribution in [1.82, 2.24) is 4.90 Å². The van der Waals surface area contributed by atoms with E-state index in [0.29, 0.717) is 37.1 Å². The molecule has 0 atom stereocenters. The number of hydrogen-bond donors (Lipinski definition) is 0. The number of halogens is 1. The van der Waals surface area contributed by atoms with Crippen LogP contribution in [0.5, 0.6) is 0 Å². The lowest BCUT2D eigenvalue weighted by Crippen LogP contribution is -2.42. The zero-order valence-electron chi connectivity index (χ0n) is 20.5. The topological polar surface area (TPSA) is 83.8 Å². The van der Waals surface area contributed by atoms with E-state index in [2.05, 4.69) is 4.90 Å². The molecule has 0 radical (unpaired) electrons. The Balaban J connectivity index is 1.43. The Bertz CT molecular complexity index is 1260. The molecular weight excluding hydrogens is 493 g/mol. The Labute approximate surface area is 219 Å². The maximum Gasteiger partial charge on any atom is 0.269 e. The van der Waals surface area contributed by atoms with Crippen LogP contribution in [0.15, 0.2) is 77.7 Å². The first-order valence-corrected chi connectivity index (χ1v) is 13.3. The van der Waals surface area contributed by atoms with E-state index in [-0.39, 0.29) is 29.1 Å². The second kappa shape index (κ2) is 12.1. The number of likely N-dealkylation sites (tertiary alicyclic amines) is 1. The van der Waals surface area contributed by atoms with Crippen LogP contribution in [0.4, 0.5) is 15.8 Å². The molecule has 192 valence electrons. The minimum atomic E-state index is -0.488. The van der Waals surface area contributed by atoms with Crippen molar-refractivity contribution in [3.05, 3.63) is 99.9 Å². The van der Waals surface area contributed by atoms with Gasteiger partial charge in [0.05, 0.1) is 4.92 Å². The highest BCUT2D eigenvalue weighted by molar-refractivity contribution is 7.98. The van der Waals surface area contributed by atoms with Gasteiger partial charge in [-0.25, -0.2) is 4.39 Å². The zero-order chi connectivity index (χ0) is 26.4. The summed E-state index contributed by atoms with van der Waals surface area (Å²) in [6.45, 7) is 2.51. The van der Waals surface area contributed by atoms with Crippen LogP contribution in [-0.4, -0.2) is 53.9 Å². The SMILES string of the molecule is CSc1cccc(N(CCN2CCC(C(=O)c3ccc(F)cc3)CC2)C(=O)c2ccc([N+](=O)[O-])cc2)c1. The predicted octanol–water partition coefficient (Wildman–Crippen LogP) is 5.70. The van der Waals surface area contributed by atoms with Crippen LogP contribution in [0.3, 0.4) is 0 Å². The predicted molar refractivity (Wildman–Crippen MR) is 143 cm³/mol. The first-order valence-electron chi connectivity index (χ1n) is 12.1. The van der Waals surface area contributed by atoms with Crippen molar-refractivity contribution in [2.45, 2.75) is 17.7 Å². The maximum absolute atomic E-state index is 13.5. The van der Waals surface area contributed by atoms with Gasteiger partial charge in [0.2, 0.25) is 0 Å². The minimum absolute atomic E-state index is 0.0449.